The van der Waals surface area contributed by atoms with Crippen LogP contribution >= 0.6 is 11.8 Å². The Morgan fingerprint density at radius 3 is 2.54 bits per heavy atom. The molecular weight excluding hydrogens is 467 g/mol. The van der Waals surface area contributed by atoms with Crippen LogP contribution in [0.15, 0.2) is 59.2 Å². The number of hydrogen-bond acceptors (Lipinski definition) is 6. The van der Waals surface area contributed by atoms with Crippen molar-refractivity contribution in [2.24, 2.45) is 0 Å². The summed E-state index contributed by atoms with van der Waals surface area (Å²) in [7, 11) is 0. The van der Waals surface area contributed by atoms with E-state index in [1.807, 2.05) is 12.1 Å². The molecule has 0 unspecified atom stereocenters. The second kappa shape index (κ2) is 12.1. The van der Waals surface area contributed by atoms with Gasteiger partial charge in [-0.05, 0) is 44.2 Å². The molecule has 0 bridgehead atoms. The van der Waals surface area contributed by atoms with Crippen LogP contribution in [0.3, 0.4) is 0 Å². The molecular formula is C26H31FN4O3S. The third-order valence-electron chi connectivity index (χ3n) is 6.10. The summed E-state index contributed by atoms with van der Waals surface area (Å²) >= 11 is 1.46. The van der Waals surface area contributed by atoms with Crippen LogP contribution < -0.4 is 15.5 Å². The molecule has 2 N–H and O–H groups in total. The van der Waals surface area contributed by atoms with Crippen LogP contribution in [0.1, 0.15) is 23.7 Å². The molecule has 1 fully saturated rings. The van der Waals surface area contributed by atoms with Crippen molar-refractivity contribution < 1.29 is 18.7 Å². The van der Waals surface area contributed by atoms with E-state index in [1.54, 1.807) is 37.3 Å². The number of ether oxygens (including phenoxy) is 1. The highest BCUT2D eigenvalue weighted by molar-refractivity contribution is 8.04. The summed E-state index contributed by atoms with van der Waals surface area (Å²) in [5, 5.41) is 5.82. The molecule has 2 aromatic carbocycles. The highest BCUT2D eigenvalue weighted by atomic mass is 32.2. The van der Waals surface area contributed by atoms with E-state index in [0.717, 1.165) is 44.9 Å². The van der Waals surface area contributed by atoms with Crippen LogP contribution in [-0.2, 0) is 9.53 Å². The standard InChI is InChI=1S/C26H31FN4O3S/c1-19-24(35-18-17-34-19)26(33)29-22-9-4-2-7-20(22)25(32)28-11-6-12-30-13-15-31(16-14-30)23-10-5-3-8-21(23)27/h2-5,7-10H,6,11-18H2,1H3,(H,28,32)(H,29,33). The maximum atomic E-state index is 14.0. The molecule has 9 heteroatoms. The SMILES string of the molecule is CC1=C(C(=O)Nc2ccccc2C(=O)NCCCN2CCN(c3ccccc3F)CC2)SCCO1. The first-order valence-electron chi connectivity index (χ1n) is 11.9. The fourth-order valence-electron chi connectivity index (χ4n) is 4.22. The first-order chi connectivity index (χ1) is 17.0. The molecule has 35 heavy (non-hydrogen) atoms. The van der Waals surface area contributed by atoms with E-state index < -0.39 is 0 Å². The second-order valence-corrected chi connectivity index (χ2v) is 9.58. The maximum Gasteiger partial charge on any atom is 0.265 e. The number of amides is 2. The van der Waals surface area contributed by atoms with Crippen molar-refractivity contribution in [2.45, 2.75) is 13.3 Å². The zero-order valence-corrected chi connectivity index (χ0v) is 20.7. The molecule has 2 aliphatic rings. The zero-order chi connectivity index (χ0) is 24.6. The van der Waals surface area contributed by atoms with Crippen molar-refractivity contribution in [2.75, 3.05) is 61.8 Å². The Bertz CT molecular complexity index is 1090. The monoisotopic (exact) mass is 498 g/mol. The largest absolute Gasteiger partial charge is 0.496 e. The van der Waals surface area contributed by atoms with E-state index in [2.05, 4.69) is 20.4 Å². The lowest BCUT2D eigenvalue weighted by atomic mass is 10.1. The van der Waals surface area contributed by atoms with Crippen LogP contribution in [0.25, 0.3) is 0 Å². The molecule has 4 rings (SSSR count). The van der Waals surface area contributed by atoms with Crippen LogP contribution in [0.4, 0.5) is 15.8 Å². The minimum absolute atomic E-state index is 0.183. The zero-order valence-electron chi connectivity index (χ0n) is 19.9. The average Bonchev–Trinajstić information content (AvgIpc) is 2.88. The molecule has 2 amide bonds. The summed E-state index contributed by atoms with van der Waals surface area (Å²) in [6.45, 7) is 7.02. The smallest absolute Gasteiger partial charge is 0.265 e. The van der Waals surface area contributed by atoms with Gasteiger partial charge in [-0.3, -0.25) is 14.5 Å². The molecule has 2 aliphatic heterocycles. The normalized spacial score (nSPS) is 16.6. The van der Waals surface area contributed by atoms with Crippen LogP contribution in [0, 0.1) is 5.82 Å². The molecule has 0 radical (unpaired) electrons. The fourth-order valence-corrected chi connectivity index (χ4v) is 5.04. The van der Waals surface area contributed by atoms with Gasteiger partial charge >= 0.3 is 0 Å². The fraction of sp³-hybridized carbons (Fsp3) is 0.385. The molecule has 1 saturated heterocycles. The van der Waals surface area contributed by atoms with Gasteiger partial charge in [0, 0.05) is 38.5 Å². The number of nitrogens with zero attached hydrogens (tertiary/aromatic N) is 2. The molecule has 7 nitrogen and oxygen atoms in total. The van der Waals surface area contributed by atoms with Crippen molar-refractivity contribution in [3.8, 4) is 0 Å². The number of anilines is 2. The molecule has 0 spiro atoms. The number of allylic oxidation sites excluding steroid dienone is 1. The number of hydrogen-bond donors (Lipinski definition) is 2. The number of piperazine rings is 1. The molecule has 0 aliphatic carbocycles. The Balaban J connectivity index is 1.23. The number of thioether (sulfide) groups is 1. The lowest BCUT2D eigenvalue weighted by molar-refractivity contribution is -0.112. The van der Waals surface area contributed by atoms with Gasteiger partial charge in [0.2, 0.25) is 0 Å². The van der Waals surface area contributed by atoms with Gasteiger partial charge in [-0.2, -0.15) is 0 Å². The first kappa shape index (κ1) is 25.1. The van der Waals surface area contributed by atoms with E-state index >= 15 is 0 Å². The summed E-state index contributed by atoms with van der Waals surface area (Å²) in [6, 6.07) is 13.9. The molecule has 2 aromatic rings. The Hall–Kier alpha value is -3.04. The van der Waals surface area contributed by atoms with Crippen molar-refractivity contribution in [1.29, 1.82) is 0 Å². The number of benzene rings is 2. The summed E-state index contributed by atoms with van der Waals surface area (Å²) in [5.41, 5.74) is 1.57. The highest BCUT2D eigenvalue weighted by Crippen LogP contribution is 2.27. The van der Waals surface area contributed by atoms with Gasteiger partial charge in [0.25, 0.3) is 11.8 Å². The molecule has 0 aromatic heterocycles. The predicted molar refractivity (Wildman–Crippen MR) is 138 cm³/mol. The third kappa shape index (κ3) is 6.55. The minimum atomic E-state index is -0.262. The van der Waals surface area contributed by atoms with Gasteiger partial charge in [0.15, 0.2) is 0 Å². The predicted octanol–water partition coefficient (Wildman–Crippen LogP) is 3.70. The van der Waals surface area contributed by atoms with E-state index in [1.165, 1.54) is 17.8 Å². The minimum Gasteiger partial charge on any atom is -0.496 e. The van der Waals surface area contributed by atoms with Crippen molar-refractivity contribution in [3.63, 3.8) is 0 Å². The third-order valence-corrected chi connectivity index (χ3v) is 7.23. The summed E-state index contributed by atoms with van der Waals surface area (Å²) in [6.07, 6.45) is 0.806. The quantitative estimate of drug-likeness (QED) is 0.541. The Morgan fingerprint density at radius 1 is 1.03 bits per heavy atom. The Kier molecular flexibility index (Phi) is 8.65. The number of para-hydroxylation sites is 2. The Morgan fingerprint density at radius 2 is 1.77 bits per heavy atom. The van der Waals surface area contributed by atoms with E-state index in [-0.39, 0.29) is 17.6 Å². The van der Waals surface area contributed by atoms with Gasteiger partial charge in [-0.1, -0.05) is 24.3 Å². The van der Waals surface area contributed by atoms with Crippen molar-refractivity contribution in [1.82, 2.24) is 10.2 Å². The molecule has 0 saturated carbocycles. The molecule has 0 atom stereocenters. The van der Waals surface area contributed by atoms with Crippen LogP contribution in [0.5, 0.6) is 0 Å². The second-order valence-electron chi connectivity index (χ2n) is 8.47. The summed E-state index contributed by atoms with van der Waals surface area (Å²) in [4.78, 5) is 30.5. The molecule has 2 heterocycles. The lowest BCUT2D eigenvalue weighted by Crippen LogP contribution is -2.47. The first-order valence-corrected chi connectivity index (χ1v) is 12.9. The topological polar surface area (TPSA) is 73.9 Å². The summed E-state index contributed by atoms with van der Waals surface area (Å²) < 4.78 is 19.5. The van der Waals surface area contributed by atoms with Gasteiger partial charge < -0.3 is 20.3 Å². The van der Waals surface area contributed by atoms with Gasteiger partial charge in [-0.25, -0.2) is 4.39 Å². The lowest BCUT2D eigenvalue weighted by Gasteiger charge is -2.36. The highest BCUT2D eigenvalue weighted by Gasteiger charge is 2.21. The Labute approximate surface area is 209 Å². The number of rotatable bonds is 8. The van der Waals surface area contributed by atoms with Gasteiger partial charge in [0.1, 0.15) is 16.5 Å². The van der Waals surface area contributed by atoms with Crippen LogP contribution in [-0.4, -0.2) is 68.3 Å². The average molecular weight is 499 g/mol. The van der Waals surface area contributed by atoms with E-state index in [9.17, 15) is 14.0 Å². The summed E-state index contributed by atoms with van der Waals surface area (Å²) in [5.74, 6) is 0.666. The maximum absolute atomic E-state index is 14.0. The van der Waals surface area contributed by atoms with Crippen LogP contribution in [0.2, 0.25) is 0 Å². The van der Waals surface area contributed by atoms with Gasteiger partial charge in [0.05, 0.1) is 23.5 Å². The number of nitrogens with one attached hydrogen (secondary N) is 2. The van der Waals surface area contributed by atoms with Crippen molar-refractivity contribution in [3.05, 3.63) is 70.6 Å². The van der Waals surface area contributed by atoms with Crippen molar-refractivity contribution >= 4 is 35.0 Å². The number of carbonyl (C=O) groups is 2. The van der Waals surface area contributed by atoms with E-state index in [0.29, 0.717) is 40.8 Å². The van der Waals surface area contributed by atoms with Gasteiger partial charge in [-0.15, -0.1) is 11.8 Å². The molecule has 186 valence electrons. The number of halogens is 1. The van der Waals surface area contributed by atoms with E-state index in [4.69, 9.17) is 4.74 Å². The number of carbonyl (C=O) groups excluding carboxylic acids is 2.